The van der Waals surface area contributed by atoms with E-state index in [0.717, 1.165) is 0 Å². The van der Waals surface area contributed by atoms with Gasteiger partial charge in [0.25, 0.3) is 0 Å². The molecule has 0 aliphatic heterocycles. The minimum atomic E-state index is -3.33. The summed E-state index contributed by atoms with van der Waals surface area (Å²) in [6.45, 7) is 1.60. The number of fused-ring (bicyclic) bond motifs is 1. The molecule has 0 radical (unpaired) electrons. The third-order valence-electron chi connectivity index (χ3n) is 3.23. The van der Waals surface area contributed by atoms with Crippen LogP contribution in [0.5, 0.6) is 0 Å². The molecule has 0 spiro atoms. The molecular weight excluding hydrogens is 342 g/mol. The van der Waals surface area contributed by atoms with Crippen LogP contribution < -0.4 is 0 Å². The Balaban J connectivity index is 2.14. The first kappa shape index (κ1) is 15.5. The van der Waals surface area contributed by atoms with Crippen molar-refractivity contribution in [3.63, 3.8) is 0 Å². The SMILES string of the molecule is CCS(=O)(=O)c1ccsc1-c1nc2cc([S+](C)[O-])ccc2o1. The molecule has 0 fully saturated rings. The number of thiophene rings is 1. The van der Waals surface area contributed by atoms with Crippen LogP contribution in [0.15, 0.2) is 43.9 Å². The summed E-state index contributed by atoms with van der Waals surface area (Å²) in [6, 6.07) is 6.68. The molecule has 3 rings (SSSR count). The van der Waals surface area contributed by atoms with Crippen molar-refractivity contribution in [1.82, 2.24) is 4.98 Å². The summed E-state index contributed by atoms with van der Waals surface area (Å²) in [5.74, 6) is 0.298. The first-order chi connectivity index (χ1) is 10.4. The normalized spacial score (nSPS) is 13.6. The van der Waals surface area contributed by atoms with Crippen molar-refractivity contribution < 1.29 is 17.4 Å². The second kappa shape index (κ2) is 5.69. The second-order valence-corrected chi connectivity index (χ2v) is 9.16. The van der Waals surface area contributed by atoms with Gasteiger partial charge >= 0.3 is 0 Å². The van der Waals surface area contributed by atoms with Crippen molar-refractivity contribution in [2.24, 2.45) is 0 Å². The monoisotopic (exact) mass is 355 g/mol. The van der Waals surface area contributed by atoms with Crippen molar-refractivity contribution in [2.45, 2.75) is 16.7 Å². The molecule has 0 saturated heterocycles. The van der Waals surface area contributed by atoms with Crippen molar-refractivity contribution >= 4 is 43.4 Å². The van der Waals surface area contributed by atoms with Crippen LogP contribution in [0.2, 0.25) is 0 Å². The zero-order valence-electron chi connectivity index (χ0n) is 11.9. The Labute approximate surface area is 135 Å². The van der Waals surface area contributed by atoms with E-state index in [0.29, 0.717) is 20.9 Å². The van der Waals surface area contributed by atoms with Crippen LogP contribution in [0.3, 0.4) is 0 Å². The zero-order valence-corrected chi connectivity index (χ0v) is 14.3. The number of hydrogen-bond donors (Lipinski definition) is 0. The summed E-state index contributed by atoms with van der Waals surface area (Å²) >= 11 is 0.168. The fourth-order valence-corrected chi connectivity index (χ4v) is 4.85. The molecule has 8 heteroatoms. The van der Waals surface area contributed by atoms with Crippen molar-refractivity contribution in [3.8, 4) is 10.8 Å². The molecule has 5 nitrogen and oxygen atoms in total. The molecular formula is C14H13NO4S3. The van der Waals surface area contributed by atoms with Gasteiger partial charge in [-0.3, -0.25) is 0 Å². The fraction of sp³-hybridized carbons (Fsp3) is 0.214. The molecule has 3 aromatic rings. The molecule has 0 N–H and O–H groups in total. The van der Waals surface area contributed by atoms with E-state index in [-0.39, 0.29) is 16.5 Å². The summed E-state index contributed by atoms with van der Waals surface area (Å²) in [5, 5.41) is 1.71. The van der Waals surface area contributed by atoms with Gasteiger partial charge < -0.3 is 8.97 Å². The average molecular weight is 355 g/mol. The summed E-state index contributed by atoms with van der Waals surface area (Å²) < 4.78 is 41.4. The zero-order chi connectivity index (χ0) is 15.9. The molecule has 0 aliphatic carbocycles. The van der Waals surface area contributed by atoms with E-state index in [1.54, 1.807) is 42.8 Å². The van der Waals surface area contributed by atoms with Gasteiger partial charge in [-0.2, -0.15) is 0 Å². The van der Waals surface area contributed by atoms with E-state index < -0.39 is 21.0 Å². The third-order valence-corrected chi connectivity index (χ3v) is 6.95. The minimum Gasteiger partial charge on any atom is -0.612 e. The van der Waals surface area contributed by atoms with Crippen LogP contribution in [-0.4, -0.2) is 30.0 Å². The molecule has 116 valence electrons. The molecule has 0 saturated carbocycles. The number of benzene rings is 1. The molecule has 1 aromatic carbocycles. The van der Waals surface area contributed by atoms with Gasteiger partial charge in [-0.05, 0) is 34.8 Å². The van der Waals surface area contributed by atoms with Gasteiger partial charge in [-0.25, -0.2) is 13.4 Å². The van der Waals surface area contributed by atoms with Gasteiger partial charge in [0.15, 0.2) is 20.3 Å². The van der Waals surface area contributed by atoms with Crippen molar-refractivity contribution in [1.29, 1.82) is 0 Å². The predicted molar refractivity (Wildman–Crippen MR) is 87.4 cm³/mol. The molecule has 0 bridgehead atoms. The number of oxazole rings is 1. The largest absolute Gasteiger partial charge is 0.612 e. The topological polar surface area (TPSA) is 83.2 Å². The van der Waals surface area contributed by atoms with Gasteiger partial charge in [0, 0.05) is 6.07 Å². The lowest BCUT2D eigenvalue weighted by molar-refractivity contribution is 0.594. The van der Waals surface area contributed by atoms with E-state index in [1.165, 1.54) is 11.3 Å². The number of rotatable bonds is 4. The second-order valence-electron chi connectivity index (χ2n) is 4.62. The summed E-state index contributed by atoms with van der Waals surface area (Å²) in [7, 11) is -3.33. The summed E-state index contributed by atoms with van der Waals surface area (Å²) in [6.07, 6.45) is 1.59. The third kappa shape index (κ3) is 2.67. The molecule has 22 heavy (non-hydrogen) atoms. The fourth-order valence-electron chi connectivity index (χ4n) is 2.04. The number of aromatic nitrogens is 1. The smallest absolute Gasteiger partial charge is 0.238 e. The lowest BCUT2D eigenvalue weighted by atomic mass is 10.3. The van der Waals surface area contributed by atoms with Crippen molar-refractivity contribution in [3.05, 3.63) is 29.6 Å². The Kier molecular flexibility index (Phi) is 4.02. The Morgan fingerprint density at radius 3 is 2.82 bits per heavy atom. The van der Waals surface area contributed by atoms with E-state index in [2.05, 4.69) is 4.98 Å². The minimum absolute atomic E-state index is 0.0237. The molecule has 2 aromatic heterocycles. The molecule has 1 unspecified atom stereocenters. The Bertz CT molecular complexity index is 925. The number of hydrogen-bond acceptors (Lipinski definition) is 6. The van der Waals surface area contributed by atoms with Crippen LogP contribution in [0.4, 0.5) is 0 Å². The average Bonchev–Trinajstić information content (AvgIpc) is 3.12. The predicted octanol–water partition coefficient (Wildman–Crippen LogP) is 3.09. The molecule has 1 atom stereocenters. The van der Waals surface area contributed by atoms with E-state index in [1.807, 2.05) is 0 Å². The van der Waals surface area contributed by atoms with E-state index >= 15 is 0 Å². The Morgan fingerprint density at radius 2 is 2.14 bits per heavy atom. The summed E-state index contributed by atoms with van der Waals surface area (Å²) in [4.78, 5) is 5.74. The lowest BCUT2D eigenvalue weighted by Crippen LogP contribution is -2.03. The lowest BCUT2D eigenvalue weighted by Gasteiger charge is -2.01. The molecule has 0 aliphatic rings. The van der Waals surface area contributed by atoms with E-state index in [4.69, 9.17) is 4.42 Å². The highest BCUT2D eigenvalue weighted by Gasteiger charge is 2.22. The highest BCUT2D eigenvalue weighted by atomic mass is 32.2. The quantitative estimate of drug-likeness (QED) is 0.672. The highest BCUT2D eigenvalue weighted by molar-refractivity contribution is 7.91. The van der Waals surface area contributed by atoms with Crippen LogP contribution in [-0.2, 0) is 21.0 Å². The van der Waals surface area contributed by atoms with E-state index in [9.17, 15) is 13.0 Å². The molecule has 2 heterocycles. The maximum absolute atomic E-state index is 12.1. The maximum Gasteiger partial charge on any atom is 0.238 e. The summed E-state index contributed by atoms with van der Waals surface area (Å²) in [5.41, 5.74) is 1.10. The Morgan fingerprint density at radius 1 is 1.36 bits per heavy atom. The van der Waals surface area contributed by atoms with Crippen LogP contribution in [0, 0.1) is 0 Å². The van der Waals surface area contributed by atoms with Gasteiger partial charge in [0.05, 0.1) is 10.6 Å². The first-order valence-corrected chi connectivity index (χ1v) is 10.6. The number of nitrogens with zero attached hydrogens (tertiary/aromatic N) is 1. The molecule has 0 amide bonds. The van der Waals surface area contributed by atoms with Gasteiger partial charge in [-0.15, -0.1) is 11.3 Å². The van der Waals surface area contributed by atoms with Crippen LogP contribution >= 0.6 is 11.3 Å². The van der Waals surface area contributed by atoms with Gasteiger partial charge in [0.2, 0.25) is 5.89 Å². The van der Waals surface area contributed by atoms with Crippen LogP contribution in [0.1, 0.15) is 6.92 Å². The highest BCUT2D eigenvalue weighted by Crippen LogP contribution is 2.35. The van der Waals surface area contributed by atoms with Crippen molar-refractivity contribution in [2.75, 3.05) is 12.0 Å². The van der Waals surface area contributed by atoms with Crippen LogP contribution in [0.25, 0.3) is 21.9 Å². The maximum atomic E-state index is 12.1. The Hall–Kier alpha value is -1.35. The first-order valence-electron chi connectivity index (χ1n) is 6.47. The van der Waals surface area contributed by atoms with Gasteiger partial charge in [0.1, 0.15) is 16.6 Å². The standard InChI is InChI=1S/C14H13NO4S3/c1-3-22(17,18)12-6-7-20-13(12)14-15-10-8-9(21(2)16)4-5-11(10)19-14/h4-8H,3H2,1-2H3. The van der Waals surface area contributed by atoms with Gasteiger partial charge in [-0.1, -0.05) is 6.92 Å². The number of sulfone groups is 1.